The fourth-order valence-electron chi connectivity index (χ4n) is 2.73. The number of hydrogen-bond acceptors (Lipinski definition) is 3. The SMILES string of the molecule is CC(C)CC1NC(CC(C)C)N(CCCS(C)=O)C1=O. The molecule has 3 atom stereocenters. The molecule has 0 aliphatic carbocycles. The Morgan fingerprint density at radius 1 is 1.20 bits per heavy atom. The van der Waals surface area contributed by atoms with Crippen LogP contribution < -0.4 is 5.32 Å². The van der Waals surface area contributed by atoms with Crippen LogP contribution in [-0.2, 0) is 15.6 Å². The number of carbonyl (C=O) groups excluding carboxylic acids is 1. The molecule has 1 amide bonds. The third-order valence-corrected chi connectivity index (χ3v) is 4.45. The molecule has 1 rings (SSSR count). The maximum atomic E-state index is 12.5. The normalized spacial score (nSPS) is 24.9. The van der Waals surface area contributed by atoms with Crippen molar-refractivity contribution in [2.24, 2.45) is 11.8 Å². The second-order valence-electron chi connectivity index (χ2n) is 6.66. The van der Waals surface area contributed by atoms with Crippen LogP contribution in [0.25, 0.3) is 0 Å². The van der Waals surface area contributed by atoms with Crippen LogP contribution in [0.1, 0.15) is 47.0 Å². The predicted molar refractivity (Wildman–Crippen MR) is 84.9 cm³/mol. The second kappa shape index (κ2) is 8.13. The van der Waals surface area contributed by atoms with Gasteiger partial charge in [-0.2, -0.15) is 0 Å². The zero-order valence-corrected chi connectivity index (χ0v) is 14.3. The van der Waals surface area contributed by atoms with Gasteiger partial charge in [-0.05, 0) is 31.1 Å². The van der Waals surface area contributed by atoms with E-state index in [-0.39, 0.29) is 18.1 Å². The number of amides is 1. The molecule has 0 bridgehead atoms. The van der Waals surface area contributed by atoms with E-state index in [1.165, 1.54) is 0 Å². The molecule has 0 aromatic rings. The number of nitrogens with one attached hydrogen (secondary N) is 1. The van der Waals surface area contributed by atoms with Crippen molar-refractivity contribution in [3.05, 3.63) is 0 Å². The monoisotopic (exact) mass is 302 g/mol. The van der Waals surface area contributed by atoms with Gasteiger partial charge in [0.1, 0.15) is 0 Å². The van der Waals surface area contributed by atoms with Crippen molar-refractivity contribution in [3.63, 3.8) is 0 Å². The molecule has 1 saturated heterocycles. The topological polar surface area (TPSA) is 49.4 Å². The highest BCUT2D eigenvalue weighted by Gasteiger charge is 2.38. The molecule has 4 nitrogen and oxygen atoms in total. The summed E-state index contributed by atoms with van der Waals surface area (Å²) < 4.78 is 11.2. The van der Waals surface area contributed by atoms with E-state index in [4.69, 9.17) is 0 Å². The van der Waals surface area contributed by atoms with Crippen LogP contribution in [0.3, 0.4) is 0 Å². The molecule has 0 aromatic heterocycles. The summed E-state index contributed by atoms with van der Waals surface area (Å²) in [7, 11) is -0.775. The van der Waals surface area contributed by atoms with Gasteiger partial charge in [0.25, 0.3) is 0 Å². The average molecular weight is 302 g/mol. The molecular weight excluding hydrogens is 272 g/mol. The molecule has 0 spiro atoms. The van der Waals surface area contributed by atoms with Crippen molar-refractivity contribution >= 4 is 16.7 Å². The molecule has 0 aromatic carbocycles. The van der Waals surface area contributed by atoms with E-state index >= 15 is 0 Å². The van der Waals surface area contributed by atoms with Crippen LogP contribution in [0.2, 0.25) is 0 Å². The van der Waals surface area contributed by atoms with Gasteiger partial charge in [0.15, 0.2) is 0 Å². The van der Waals surface area contributed by atoms with Gasteiger partial charge in [-0.1, -0.05) is 27.7 Å². The van der Waals surface area contributed by atoms with Gasteiger partial charge >= 0.3 is 0 Å². The highest BCUT2D eigenvalue weighted by molar-refractivity contribution is 7.84. The highest BCUT2D eigenvalue weighted by Crippen LogP contribution is 2.21. The van der Waals surface area contributed by atoms with Gasteiger partial charge in [0.2, 0.25) is 5.91 Å². The van der Waals surface area contributed by atoms with Crippen molar-refractivity contribution in [2.75, 3.05) is 18.6 Å². The fraction of sp³-hybridized carbons (Fsp3) is 0.933. The summed E-state index contributed by atoms with van der Waals surface area (Å²) in [6.07, 6.45) is 4.56. The zero-order chi connectivity index (χ0) is 15.3. The number of rotatable bonds is 8. The van der Waals surface area contributed by atoms with E-state index in [0.29, 0.717) is 17.6 Å². The quantitative estimate of drug-likeness (QED) is 0.746. The molecule has 3 unspecified atom stereocenters. The molecule has 1 heterocycles. The summed E-state index contributed by atoms with van der Waals surface area (Å²) >= 11 is 0. The molecule has 20 heavy (non-hydrogen) atoms. The molecule has 5 heteroatoms. The van der Waals surface area contributed by atoms with Crippen molar-refractivity contribution in [3.8, 4) is 0 Å². The predicted octanol–water partition coefficient (Wildman–Crippen LogP) is 1.97. The summed E-state index contributed by atoms with van der Waals surface area (Å²) in [5.41, 5.74) is 0. The van der Waals surface area contributed by atoms with Crippen LogP contribution in [0.5, 0.6) is 0 Å². The van der Waals surface area contributed by atoms with E-state index < -0.39 is 10.8 Å². The maximum absolute atomic E-state index is 12.5. The van der Waals surface area contributed by atoms with Gasteiger partial charge in [-0.25, -0.2) is 0 Å². The zero-order valence-electron chi connectivity index (χ0n) is 13.5. The first-order valence-electron chi connectivity index (χ1n) is 7.67. The Kier molecular flexibility index (Phi) is 7.17. The van der Waals surface area contributed by atoms with Crippen LogP contribution in [0.15, 0.2) is 0 Å². The van der Waals surface area contributed by atoms with Crippen LogP contribution >= 0.6 is 0 Å². The lowest BCUT2D eigenvalue weighted by atomic mass is 10.0. The first-order chi connectivity index (χ1) is 9.31. The Morgan fingerprint density at radius 2 is 1.80 bits per heavy atom. The highest BCUT2D eigenvalue weighted by atomic mass is 32.2. The van der Waals surface area contributed by atoms with Crippen molar-refractivity contribution in [2.45, 2.75) is 59.2 Å². The van der Waals surface area contributed by atoms with Crippen molar-refractivity contribution in [1.82, 2.24) is 10.2 Å². The molecule has 1 fully saturated rings. The number of hydrogen-bond donors (Lipinski definition) is 1. The summed E-state index contributed by atoms with van der Waals surface area (Å²) in [6.45, 7) is 9.38. The minimum Gasteiger partial charge on any atom is -0.326 e. The lowest BCUT2D eigenvalue weighted by Gasteiger charge is -2.25. The van der Waals surface area contributed by atoms with Gasteiger partial charge in [0.05, 0.1) is 12.2 Å². The van der Waals surface area contributed by atoms with Crippen LogP contribution in [0, 0.1) is 11.8 Å². The Labute approximate surface area is 126 Å². The number of carbonyl (C=O) groups is 1. The second-order valence-corrected chi connectivity index (χ2v) is 8.21. The lowest BCUT2D eigenvalue weighted by molar-refractivity contribution is -0.130. The van der Waals surface area contributed by atoms with Gasteiger partial charge in [-0.15, -0.1) is 0 Å². The Bertz CT molecular complexity index is 345. The Balaban J connectivity index is 2.64. The van der Waals surface area contributed by atoms with Crippen LogP contribution in [0.4, 0.5) is 0 Å². The van der Waals surface area contributed by atoms with E-state index in [1.807, 2.05) is 4.90 Å². The maximum Gasteiger partial charge on any atom is 0.241 e. The van der Waals surface area contributed by atoms with E-state index in [0.717, 1.165) is 25.8 Å². The molecule has 1 aliphatic rings. The van der Waals surface area contributed by atoms with E-state index in [1.54, 1.807) is 6.26 Å². The van der Waals surface area contributed by atoms with Gasteiger partial charge in [-0.3, -0.25) is 14.3 Å². The fourth-order valence-corrected chi connectivity index (χ4v) is 3.27. The minimum absolute atomic E-state index is 0.0362. The minimum atomic E-state index is -0.775. The van der Waals surface area contributed by atoms with Crippen LogP contribution in [-0.4, -0.2) is 45.8 Å². The summed E-state index contributed by atoms with van der Waals surface area (Å²) in [5.74, 6) is 1.97. The summed E-state index contributed by atoms with van der Waals surface area (Å²) in [4.78, 5) is 14.5. The number of nitrogens with zero attached hydrogens (tertiary/aromatic N) is 1. The Morgan fingerprint density at radius 3 is 2.30 bits per heavy atom. The van der Waals surface area contributed by atoms with Gasteiger partial charge < -0.3 is 4.90 Å². The molecule has 0 radical (unpaired) electrons. The van der Waals surface area contributed by atoms with E-state index in [2.05, 4.69) is 33.0 Å². The Hall–Kier alpha value is -0.420. The third-order valence-electron chi connectivity index (χ3n) is 3.58. The summed E-state index contributed by atoms with van der Waals surface area (Å²) in [5, 5.41) is 3.49. The molecule has 1 N–H and O–H groups in total. The first kappa shape index (κ1) is 17.6. The first-order valence-corrected chi connectivity index (χ1v) is 9.40. The standard InChI is InChI=1S/C15H30N2O2S/c1-11(2)9-13-15(18)17(7-6-8-20(5)19)14(16-13)10-12(3)4/h11-14,16H,6-10H2,1-5H3. The van der Waals surface area contributed by atoms with Crippen molar-refractivity contribution in [1.29, 1.82) is 0 Å². The summed E-state index contributed by atoms with van der Waals surface area (Å²) in [6, 6.07) is -0.0362. The van der Waals surface area contributed by atoms with E-state index in [9.17, 15) is 9.00 Å². The molecule has 118 valence electrons. The smallest absolute Gasteiger partial charge is 0.241 e. The largest absolute Gasteiger partial charge is 0.326 e. The third kappa shape index (κ3) is 5.52. The lowest BCUT2D eigenvalue weighted by Crippen LogP contribution is -2.39. The van der Waals surface area contributed by atoms with Crippen molar-refractivity contribution < 1.29 is 9.00 Å². The molecular formula is C15H30N2O2S. The average Bonchev–Trinajstić information content (AvgIpc) is 2.55. The van der Waals surface area contributed by atoms with Gasteiger partial charge in [0, 0.05) is 29.4 Å². The molecule has 1 aliphatic heterocycles. The molecule has 0 saturated carbocycles.